The summed E-state index contributed by atoms with van der Waals surface area (Å²) in [4.78, 5) is 12.5. The third kappa shape index (κ3) is 3.33. The van der Waals surface area contributed by atoms with Gasteiger partial charge >= 0.3 is 0 Å². The number of amides is 1. The first-order valence-electron chi connectivity index (χ1n) is 8.93. The summed E-state index contributed by atoms with van der Waals surface area (Å²) in [5, 5.41) is 3.21. The van der Waals surface area contributed by atoms with Gasteiger partial charge in [-0.2, -0.15) is 0 Å². The number of ether oxygens (including phenoxy) is 2. The van der Waals surface area contributed by atoms with Gasteiger partial charge in [-0.1, -0.05) is 12.1 Å². The molecule has 4 rings (SSSR count). The van der Waals surface area contributed by atoms with Gasteiger partial charge in [0.2, 0.25) is 5.91 Å². The molecule has 1 aliphatic carbocycles. The van der Waals surface area contributed by atoms with Gasteiger partial charge in [-0.05, 0) is 55.7 Å². The molecule has 2 aliphatic heterocycles. The van der Waals surface area contributed by atoms with E-state index in [1.165, 1.54) is 6.07 Å². The lowest BCUT2D eigenvalue weighted by Gasteiger charge is -2.43. The first kappa shape index (κ1) is 16.0. The Bertz CT molecular complexity index is 609. The van der Waals surface area contributed by atoms with E-state index in [2.05, 4.69) is 5.32 Å². The summed E-state index contributed by atoms with van der Waals surface area (Å²) in [5.41, 5.74) is 0.822. The SMILES string of the molecule is O=C(N[C@@H]1CCOC2(CCOCC2)C1)[C@@H]1C[C@@H]1c1cccc(F)c1. The molecule has 0 aromatic heterocycles. The average Bonchev–Trinajstić information content (AvgIpc) is 3.36. The zero-order valence-electron chi connectivity index (χ0n) is 13.8. The molecule has 0 bridgehead atoms. The molecular formula is C19H24FNO3. The Labute approximate surface area is 141 Å². The van der Waals surface area contributed by atoms with Crippen LogP contribution in [0.2, 0.25) is 0 Å². The lowest BCUT2D eigenvalue weighted by Crippen LogP contribution is -2.51. The molecule has 3 aliphatic rings. The van der Waals surface area contributed by atoms with Crippen LogP contribution in [0.15, 0.2) is 24.3 Å². The van der Waals surface area contributed by atoms with Gasteiger partial charge in [0, 0.05) is 31.8 Å². The van der Waals surface area contributed by atoms with Crippen LogP contribution >= 0.6 is 0 Å². The summed E-state index contributed by atoms with van der Waals surface area (Å²) in [6.07, 6.45) is 4.38. The van der Waals surface area contributed by atoms with Crippen LogP contribution in [-0.4, -0.2) is 37.4 Å². The molecule has 4 nitrogen and oxygen atoms in total. The van der Waals surface area contributed by atoms with Gasteiger partial charge < -0.3 is 14.8 Å². The van der Waals surface area contributed by atoms with E-state index in [-0.39, 0.29) is 35.2 Å². The van der Waals surface area contributed by atoms with Gasteiger partial charge in [-0.3, -0.25) is 4.79 Å². The zero-order chi connectivity index (χ0) is 16.6. The fourth-order valence-corrected chi connectivity index (χ4v) is 4.14. The van der Waals surface area contributed by atoms with Crippen molar-refractivity contribution in [2.24, 2.45) is 5.92 Å². The lowest BCUT2D eigenvalue weighted by atomic mass is 9.84. The van der Waals surface area contributed by atoms with E-state index < -0.39 is 0 Å². The van der Waals surface area contributed by atoms with Crippen LogP contribution in [0, 0.1) is 11.7 Å². The standard InChI is InChI=1S/C19H24FNO3/c20-14-3-1-2-13(10-14)16-11-17(16)18(22)21-15-4-7-24-19(12-15)5-8-23-9-6-19/h1-3,10,15-17H,4-9,11-12H2,(H,21,22)/t15-,16-,17-/m1/s1. The minimum absolute atomic E-state index is 0.0136. The van der Waals surface area contributed by atoms with Gasteiger partial charge in [-0.15, -0.1) is 0 Å². The molecule has 5 heteroatoms. The number of hydrogen-bond donors (Lipinski definition) is 1. The molecule has 3 fully saturated rings. The normalized spacial score (nSPS) is 31.6. The van der Waals surface area contributed by atoms with Crippen molar-refractivity contribution in [1.29, 1.82) is 0 Å². The Balaban J connectivity index is 1.33. The van der Waals surface area contributed by atoms with Crippen molar-refractivity contribution in [2.75, 3.05) is 19.8 Å². The summed E-state index contributed by atoms with van der Waals surface area (Å²) in [7, 11) is 0. The van der Waals surface area contributed by atoms with Crippen LogP contribution in [0.4, 0.5) is 4.39 Å². The van der Waals surface area contributed by atoms with Crippen LogP contribution in [-0.2, 0) is 14.3 Å². The Morgan fingerprint density at radius 3 is 2.88 bits per heavy atom. The van der Waals surface area contributed by atoms with Gasteiger partial charge in [0.15, 0.2) is 0 Å². The van der Waals surface area contributed by atoms with E-state index in [9.17, 15) is 9.18 Å². The van der Waals surface area contributed by atoms with Crippen molar-refractivity contribution in [3.63, 3.8) is 0 Å². The number of halogens is 1. The largest absolute Gasteiger partial charge is 0.381 e. The molecule has 1 N–H and O–H groups in total. The highest BCUT2D eigenvalue weighted by atomic mass is 19.1. The molecule has 3 atom stereocenters. The van der Waals surface area contributed by atoms with E-state index in [1.54, 1.807) is 12.1 Å². The molecule has 2 saturated heterocycles. The van der Waals surface area contributed by atoms with Crippen molar-refractivity contribution in [2.45, 2.75) is 49.7 Å². The van der Waals surface area contributed by atoms with E-state index >= 15 is 0 Å². The Hall–Kier alpha value is -1.46. The highest BCUT2D eigenvalue weighted by molar-refractivity contribution is 5.83. The van der Waals surface area contributed by atoms with Crippen LogP contribution in [0.25, 0.3) is 0 Å². The van der Waals surface area contributed by atoms with Crippen molar-refractivity contribution in [3.05, 3.63) is 35.6 Å². The number of benzene rings is 1. The smallest absolute Gasteiger partial charge is 0.223 e. The number of nitrogens with one attached hydrogen (secondary N) is 1. The number of carbonyl (C=O) groups is 1. The summed E-state index contributed by atoms with van der Waals surface area (Å²) in [5.74, 6) is 0.0284. The van der Waals surface area contributed by atoms with Gasteiger partial charge in [0.05, 0.1) is 5.60 Å². The minimum Gasteiger partial charge on any atom is -0.381 e. The fourth-order valence-electron chi connectivity index (χ4n) is 4.14. The summed E-state index contributed by atoms with van der Waals surface area (Å²) < 4.78 is 24.8. The summed E-state index contributed by atoms with van der Waals surface area (Å²) in [6.45, 7) is 2.18. The maximum atomic E-state index is 13.3. The minimum atomic E-state index is -0.232. The first-order valence-corrected chi connectivity index (χ1v) is 8.93. The molecule has 2 heterocycles. The Morgan fingerprint density at radius 2 is 2.08 bits per heavy atom. The molecule has 1 aromatic rings. The predicted molar refractivity (Wildman–Crippen MR) is 87.1 cm³/mol. The fraction of sp³-hybridized carbons (Fsp3) is 0.632. The zero-order valence-corrected chi connectivity index (χ0v) is 13.8. The summed E-state index contributed by atoms with van der Waals surface area (Å²) in [6, 6.07) is 6.79. The van der Waals surface area contributed by atoms with Crippen molar-refractivity contribution in [3.8, 4) is 0 Å². The molecule has 1 aromatic carbocycles. The second-order valence-corrected chi connectivity index (χ2v) is 7.35. The van der Waals surface area contributed by atoms with Crippen LogP contribution in [0.1, 0.15) is 43.6 Å². The van der Waals surface area contributed by atoms with Crippen LogP contribution < -0.4 is 5.32 Å². The predicted octanol–water partition coefficient (Wildman–Crippen LogP) is 2.77. The van der Waals surface area contributed by atoms with E-state index in [0.29, 0.717) is 6.61 Å². The molecule has 1 saturated carbocycles. The molecule has 1 amide bonds. The monoisotopic (exact) mass is 333 g/mol. The quantitative estimate of drug-likeness (QED) is 0.925. The maximum absolute atomic E-state index is 13.3. The third-order valence-electron chi connectivity index (χ3n) is 5.65. The molecule has 130 valence electrons. The Kier molecular flexibility index (Phi) is 4.31. The topological polar surface area (TPSA) is 47.6 Å². The van der Waals surface area contributed by atoms with Gasteiger partial charge in [0.25, 0.3) is 0 Å². The third-order valence-corrected chi connectivity index (χ3v) is 5.65. The maximum Gasteiger partial charge on any atom is 0.223 e. The molecule has 24 heavy (non-hydrogen) atoms. The van der Waals surface area contributed by atoms with E-state index in [0.717, 1.165) is 50.9 Å². The molecular weight excluding hydrogens is 309 g/mol. The van der Waals surface area contributed by atoms with Crippen molar-refractivity contribution in [1.82, 2.24) is 5.32 Å². The number of rotatable bonds is 3. The highest BCUT2D eigenvalue weighted by Gasteiger charge is 2.46. The second kappa shape index (κ2) is 6.45. The second-order valence-electron chi connectivity index (χ2n) is 7.35. The van der Waals surface area contributed by atoms with E-state index in [1.807, 2.05) is 6.07 Å². The molecule has 0 radical (unpaired) electrons. The van der Waals surface area contributed by atoms with Crippen LogP contribution in [0.5, 0.6) is 0 Å². The first-order chi connectivity index (χ1) is 11.7. The van der Waals surface area contributed by atoms with Crippen molar-refractivity contribution >= 4 is 5.91 Å². The van der Waals surface area contributed by atoms with Gasteiger partial charge in [-0.25, -0.2) is 4.39 Å². The Morgan fingerprint density at radius 1 is 1.25 bits per heavy atom. The molecule has 0 unspecified atom stereocenters. The number of carbonyl (C=O) groups excluding carboxylic acids is 1. The summed E-state index contributed by atoms with van der Waals surface area (Å²) >= 11 is 0. The molecule has 1 spiro atoms. The lowest BCUT2D eigenvalue weighted by molar-refractivity contribution is -0.144. The van der Waals surface area contributed by atoms with Gasteiger partial charge in [0.1, 0.15) is 5.82 Å². The van der Waals surface area contributed by atoms with E-state index in [4.69, 9.17) is 9.47 Å². The average molecular weight is 333 g/mol. The van der Waals surface area contributed by atoms with Crippen LogP contribution in [0.3, 0.4) is 0 Å². The highest BCUT2D eigenvalue weighted by Crippen LogP contribution is 2.48. The number of hydrogen-bond acceptors (Lipinski definition) is 3. The van der Waals surface area contributed by atoms with Crippen molar-refractivity contribution < 1.29 is 18.7 Å².